The second-order valence-electron chi connectivity index (χ2n) is 6.42. The molecule has 2 amide bonds. The van der Waals surface area contributed by atoms with E-state index >= 15 is 0 Å². The fraction of sp³-hybridized carbons (Fsp3) is 0.867. The molecular weight excluding hydrogens is 272 g/mol. The maximum absolute atomic E-state index is 12.8. The smallest absolute Gasteiger partial charge is 0.323 e. The number of urea groups is 1. The van der Waals surface area contributed by atoms with E-state index in [0.717, 1.165) is 38.5 Å². The van der Waals surface area contributed by atoms with E-state index in [1.165, 1.54) is 0 Å². The van der Waals surface area contributed by atoms with Crippen LogP contribution in [0, 0.1) is 0 Å². The van der Waals surface area contributed by atoms with Gasteiger partial charge in [-0.05, 0) is 32.6 Å². The highest BCUT2D eigenvalue weighted by molar-refractivity contribution is 5.80. The lowest BCUT2D eigenvalue weighted by molar-refractivity contribution is -0.138. The van der Waals surface area contributed by atoms with Gasteiger partial charge in [-0.25, -0.2) is 4.79 Å². The Morgan fingerprint density at radius 1 is 1.33 bits per heavy atom. The zero-order valence-corrected chi connectivity index (χ0v) is 13.0. The first-order chi connectivity index (χ1) is 9.95. The number of hydrogen-bond donors (Lipinski definition) is 1. The van der Waals surface area contributed by atoms with Crippen molar-refractivity contribution in [2.75, 3.05) is 26.7 Å². The van der Waals surface area contributed by atoms with Crippen molar-refractivity contribution < 1.29 is 19.4 Å². The fourth-order valence-corrected chi connectivity index (χ4v) is 3.43. The predicted molar refractivity (Wildman–Crippen MR) is 78.2 cm³/mol. The van der Waals surface area contributed by atoms with Crippen molar-refractivity contribution in [3.05, 3.63) is 0 Å². The van der Waals surface area contributed by atoms with Crippen LogP contribution in [0.25, 0.3) is 0 Å². The Hall–Kier alpha value is -1.30. The van der Waals surface area contributed by atoms with Gasteiger partial charge >= 0.3 is 12.0 Å². The molecule has 0 aromatic heterocycles. The molecule has 0 aromatic carbocycles. The van der Waals surface area contributed by atoms with Gasteiger partial charge in [0.25, 0.3) is 0 Å². The average molecular weight is 298 g/mol. The normalized spacial score (nSPS) is 26.9. The van der Waals surface area contributed by atoms with E-state index < -0.39 is 5.97 Å². The molecule has 0 aromatic rings. The van der Waals surface area contributed by atoms with Crippen LogP contribution in [0.2, 0.25) is 0 Å². The Morgan fingerprint density at radius 3 is 2.57 bits per heavy atom. The number of carboxylic acid groups (broad SMARTS) is 1. The van der Waals surface area contributed by atoms with Gasteiger partial charge in [0.1, 0.15) is 6.54 Å². The van der Waals surface area contributed by atoms with Crippen molar-refractivity contribution in [2.45, 2.75) is 57.1 Å². The summed E-state index contributed by atoms with van der Waals surface area (Å²) in [4.78, 5) is 27.2. The summed E-state index contributed by atoms with van der Waals surface area (Å²) in [6.45, 7) is 3.01. The Morgan fingerprint density at radius 2 is 2.00 bits per heavy atom. The molecule has 1 heterocycles. The van der Waals surface area contributed by atoms with Gasteiger partial charge in [0.15, 0.2) is 0 Å². The number of hydrogen-bond acceptors (Lipinski definition) is 3. The summed E-state index contributed by atoms with van der Waals surface area (Å²) in [6, 6.07) is -0.0726. The molecule has 1 saturated carbocycles. The van der Waals surface area contributed by atoms with Gasteiger partial charge in [0.05, 0.1) is 12.1 Å². The Kier molecular flexibility index (Phi) is 5.08. The van der Waals surface area contributed by atoms with Gasteiger partial charge in [0, 0.05) is 19.7 Å². The molecule has 21 heavy (non-hydrogen) atoms. The van der Waals surface area contributed by atoms with E-state index in [1.54, 1.807) is 16.9 Å². The minimum atomic E-state index is -0.943. The van der Waals surface area contributed by atoms with E-state index in [-0.39, 0.29) is 24.2 Å². The lowest BCUT2D eigenvalue weighted by Crippen LogP contribution is -2.56. The van der Waals surface area contributed by atoms with E-state index in [2.05, 4.69) is 0 Å². The minimum Gasteiger partial charge on any atom is -0.480 e. The van der Waals surface area contributed by atoms with Gasteiger partial charge < -0.3 is 19.6 Å². The first-order valence-corrected chi connectivity index (χ1v) is 7.78. The average Bonchev–Trinajstić information content (AvgIpc) is 2.98. The van der Waals surface area contributed by atoms with Gasteiger partial charge in [0.2, 0.25) is 0 Å². The molecule has 6 heteroatoms. The van der Waals surface area contributed by atoms with E-state index in [4.69, 9.17) is 9.84 Å². The first kappa shape index (κ1) is 16.1. The van der Waals surface area contributed by atoms with Crippen LogP contribution in [0.1, 0.15) is 45.4 Å². The first-order valence-electron chi connectivity index (χ1n) is 7.78. The Labute approximate surface area is 126 Å². The third-order valence-corrected chi connectivity index (χ3v) is 4.74. The third-order valence-electron chi connectivity index (χ3n) is 4.74. The van der Waals surface area contributed by atoms with Crippen LogP contribution >= 0.6 is 0 Å². The van der Waals surface area contributed by atoms with Crippen molar-refractivity contribution >= 4 is 12.0 Å². The zero-order valence-electron chi connectivity index (χ0n) is 13.0. The number of piperidine rings is 1. The number of carboxylic acids is 1. The fourth-order valence-electron chi connectivity index (χ4n) is 3.43. The second-order valence-corrected chi connectivity index (χ2v) is 6.42. The molecule has 1 saturated heterocycles. The van der Waals surface area contributed by atoms with Crippen molar-refractivity contribution in [3.63, 3.8) is 0 Å². The molecule has 1 unspecified atom stereocenters. The molecule has 1 aliphatic carbocycles. The molecule has 0 radical (unpaired) electrons. The topological polar surface area (TPSA) is 70.1 Å². The standard InChI is InChI=1S/C15H26N2O4/c1-15(21-2)8-5-9-16(11-15)14(20)17(10-13(18)19)12-6-3-4-7-12/h12H,3-11H2,1-2H3,(H,18,19). The van der Waals surface area contributed by atoms with Crippen LogP contribution < -0.4 is 0 Å². The summed E-state index contributed by atoms with van der Waals surface area (Å²) in [5, 5.41) is 9.10. The molecule has 1 aliphatic heterocycles. The molecule has 2 rings (SSSR count). The summed E-state index contributed by atoms with van der Waals surface area (Å²) in [5.41, 5.74) is -0.321. The molecule has 1 atom stereocenters. The Bertz CT molecular complexity index is 395. The Balaban J connectivity index is 2.07. The zero-order chi connectivity index (χ0) is 15.5. The number of rotatable bonds is 4. The van der Waals surface area contributed by atoms with Crippen molar-refractivity contribution in [3.8, 4) is 0 Å². The van der Waals surface area contributed by atoms with Crippen molar-refractivity contribution in [2.24, 2.45) is 0 Å². The molecule has 6 nitrogen and oxygen atoms in total. The highest BCUT2D eigenvalue weighted by Gasteiger charge is 2.37. The maximum atomic E-state index is 12.8. The number of nitrogens with zero attached hydrogens (tertiary/aromatic N) is 2. The second kappa shape index (κ2) is 6.64. The van der Waals surface area contributed by atoms with Crippen LogP contribution in [0.5, 0.6) is 0 Å². The number of carbonyl (C=O) groups is 2. The number of likely N-dealkylation sites (tertiary alicyclic amines) is 1. The number of ether oxygens (including phenoxy) is 1. The molecule has 2 fully saturated rings. The van der Waals surface area contributed by atoms with Crippen LogP contribution in [0.15, 0.2) is 0 Å². The summed E-state index contributed by atoms with van der Waals surface area (Å²) in [7, 11) is 1.67. The van der Waals surface area contributed by atoms with Gasteiger partial charge in [-0.15, -0.1) is 0 Å². The van der Waals surface area contributed by atoms with E-state index in [9.17, 15) is 9.59 Å². The van der Waals surface area contributed by atoms with Gasteiger partial charge in [-0.1, -0.05) is 12.8 Å². The third kappa shape index (κ3) is 3.87. The highest BCUT2D eigenvalue weighted by atomic mass is 16.5. The summed E-state index contributed by atoms with van der Waals surface area (Å²) < 4.78 is 5.52. The molecule has 0 spiro atoms. The predicted octanol–water partition coefficient (Wildman–Crippen LogP) is 1.94. The molecular formula is C15H26N2O4. The van der Waals surface area contributed by atoms with E-state index in [0.29, 0.717) is 13.1 Å². The van der Waals surface area contributed by atoms with Crippen molar-refractivity contribution in [1.29, 1.82) is 0 Å². The molecule has 2 aliphatic rings. The minimum absolute atomic E-state index is 0.0735. The van der Waals surface area contributed by atoms with Crippen LogP contribution in [0.4, 0.5) is 4.79 Å². The van der Waals surface area contributed by atoms with E-state index in [1.807, 2.05) is 6.92 Å². The molecule has 0 bridgehead atoms. The molecule has 1 N–H and O–H groups in total. The number of methoxy groups -OCH3 is 1. The van der Waals surface area contributed by atoms with Crippen LogP contribution in [0.3, 0.4) is 0 Å². The monoisotopic (exact) mass is 298 g/mol. The lowest BCUT2D eigenvalue weighted by atomic mass is 9.95. The van der Waals surface area contributed by atoms with Gasteiger partial charge in [-0.2, -0.15) is 0 Å². The number of aliphatic carboxylic acids is 1. The largest absolute Gasteiger partial charge is 0.480 e. The summed E-state index contributed by atoms with van der Waals surface area (Å²) in [5.74, 6) is -0.943. The lowest BCUT2D eigenvalue weighted by Gasteiger charge is -2.42. The molecule has 120 valence electrons. The number of amides is 2. The summed E-state index contributed by atoms with van der Waals surface area (Å²) in [6.07, 6.45) is 5.79. The highest BCUT2D eigenvalue weighted by Crippen LogP contribution is 2.28. The van der Waals surface area contributed by atoms with Crippen LogP contribution in [-0.2, 0) is 9.53 Å². The SMILES string of the molecule is COC1(C)CCCN(C(=O)N(CC(=O)O)C2CCCC2)C1. The quantitative estimate of drug-likeness (QED) is 0.861. The summed E-state index contributed by atoms with van der Waals surface area (Å²) >= 11 is 0. The van der Waals surface area contributed by atoms with Crippen LogP contribution in [-0.4, -0.2) is 65.3 Å². The van der Waals surface area contributed by atoms with Crippen molar-refractivity contribution in [1.82, 2.24) is 9.80 Å². The van der Waals surface area contributed by atoms with Gasteiger partial charge in [-0.3, -0.25) is 4.79 Å². The maximum Gasteiger partial charge on any atom is 0.323 e. The number of carbonyl (C=O) groups excluding carboxylic acids is 1.